The smallest absolute Gasteiger partial charge is 0.271 e. The first-order chi connectivity index (χ1) is 12.3. The molecule has 0 spiro atoms. The van der Waals surface area contributed by atoms with E-state index >= 15 is 0 Å². The summed E-state index contributed by atoms with van der Waals surface area (Å²) in [5.74, 6) is -0.270. The number of rotatable bonds is 3. The van der Waals surface area contributed by atoms with Crippen molar-refractivity contribution in [3.63, 3.8) is 0 Å². The Bertz CT molecular complexity index is 1040. The van der Waals surface area contributed by atoms with Gasteiger partial charge in [0.25, 0.3) is 5.91 Å². The molecule has 122 valence electrons. The van der Waals surface area contributed by atoms with Crippen molar-refractivity contribution in [3.05, 3.63) is 72.7 Å². The fourth-order valence-electron chi connectivity index (χ4n) is 2.93. The van der Waals surface area contributed by atoms with Gasteiger partial charge < -0.3 is 5.32 Å². The van der Waals surface area contributed by atoms with Gasteiger partial charge in [0.2, 0.25) is 0 Å². The lowest BCUT2D eigenvalue weighted by Gasteiger charge is -2.16. The molecule has 0 bridgehead atoms. The average Bonchev–Trinajstić information content (AvgIpc) is 3.21. The average molecular weight is 329 g/mol. The van der Waals surface area contributed by atoms with Crippen LogP contribution in [-0.4, -0.2) is 32.9 Å². The molecule has 1 N–H and O–H groups in total. The normalized spacial score (nSPS) is 10.8. The van der Waals surface area contributed by atoms with Gasteiger partial charge in [-0.25, -0.2) is 9.67 Å². The van der Waals surface area contributed by atoms with Crippen molar-refractivity contribution in [3.8, 4) is 16.8 Å². The molecule has 25 heavy (non-hydrogen) atoms. The van der Waals surface area contributed by atoms with Crippen molar-refractivity contribution in [1.29, 1.82) is 0 Å². The number of aromatic nitrogens is 4. The van der Waals surface area contributed by atoms with E-state index < -0.39 is 0 Å². The number of pyridine rings is 1. The lowest BCUT2D eigenvalue weighted by molar-refractivity contribution is 0.0958. The summed E-state index contributed by atoms with van der Waals surface area (Å²) >= 11 is 0. The number of benzene rings is 2. The first kappa shape index (κ1) is 15.0. The van der Waals surface area contributed by atoms with E-state index in [1.165, 1.54) is 0 Å². The molecule has 0 unspecified atom stereocenters. The standard InChI is InChI=1S/C19H15N5O/c1-20-19(25)17-18(24-12-11-21-23-24)16(13-7-3-2-4-8-13)14-9-5-6-10-15(14)22-17/h2-12H,1H3,(H,20,25). The Morgan fingerprint density at radius 1 is 1.04 bits per heavy atom. The molecule has 1 amide bonds. The third kappa shape index (κ3) is 2.53. The zero-order valence-corrected chi connectivity index (χ0v) is 13.5. The molecule has 0 fully saturated rings. The predicted molar refractivity (Wildman–Crippen MR) is 95.5 cm³/mol. The molecule has 4 aromatic rings. The zero-order valence-electron chi connectivity index (χ0n) is 13.5. The van der Waals surface area contributed by atoms with Crippen molar-refractivity contribution in [2.45, 2.75) is 0 Å². The Balaban J connectivity index is 2.19. The second kappa shape index (κ2) is 6.16. The number of nitrogens with zero attached hydrogens (tertiary/aromatic N) is 4. The number of hydrogen-bond donors (Lipinski definition) is 1. The maximum atomic E-state index is 12.5. The number of carbonyl (C=O) groups is 1. The van der Waals surface area contributed by atoms with Gasteiger partial charge in [0.15, 0.2) is 5.69 Å². The molecule has 2 aromatic carbocycles. The predicted octanol–water partition coefficient (Wildman–Crippen LogP) is 2.84. The van der Waals surface area contributed by atoms with Crippen LogP contribution in [0.4, 0.5) is 0 Å². The molecule has 0 saturated heterocycles. The molecule has 6 heteroatoms. The van der Waals surface area contributed by atoms with Gasteiger partial charge in [0.1, 0.15) is 5.69 Å². The van der Waals surface area contributed by atoms with Gasteiger partial charge >= 0.3 is 0 Å². The van der Waals surface area contributed by atoms with E-state index in [9.17, 15) is 4.79 Å². The monoisotopic (exact) mass is 329 g/mol. The van der Waals surface area contributed by atoms with Crippen molar-refractivity contribution < 1.29 is 4.79 Å². The Morgan fingerprint density at radius 2 is 1.80 bits per heavy atom. The molecule has 0 atom stereocenters. The molecule has 6 nitrogen and oxygen atoms in total. The maximum absolute atomic E-state index is 12.5. The highest BCUT2D eigenvalue weighted by molar-refractivity contribution is 6.06. The molecule has 0 aliphatic carbocycles. The number of fused-ring (bicyclic) bond motifs is 1. The van der Waals surface area contributed by atoms with Crippen LogP contribution in [0.15, 0.2) is 67.0 Å². The summed E-state index contributed by atoms with van der Waals surface area (Å²) in [7, 11) is 1.59. The van der Waals surface area contributed by atoms with Crippen molar-refractivity contribution in [1.82, 2.24) is 25.3 Å². The summed E-state index contributed by atoms with van der Waals surface area (Å²) in [5, 5.41) is 11.6. The number of para-hydroxylation sites is 1. The third-order valence-electron chi connectivity index (χ3n) is 4.02. The number of amides is 1. The van der Waals surface area contributed by atoms with Gasteiger partial charge in [0.05, 0.1) is 17.9 Å². The van der Waals surface area contributed by atoms with Gasteiger partial charge in [0, 0.05) is 18.0 Å². The third-order valence-corrected chi connectivity index (χ3v) is 4.02. The molecule has 0 aliphatic heterocycles. The molecule has 0 aliphatic rings. The summed E-state index contributed by atoms with van der Waals surface area (Å²) in [6, 6.07) is 17.7. The van der Waals surface area contributed by atoms with E-state index in [1.807, 2.05) is 54.6 Å². The fourth-order valence-corrected chi connectivity index (χ4v) is 2.93. The van der Waals surface area contributed by atoms with E-state index in [0.29, 0.717) is 11.4 Å². The van der Waals surface area contributed by atoms with Gasteiger partial charge in [-0.1, -0.05) is 53.7 Å². The van der Waals surface area contributed by atoms with Crippen LogP contribution in [0.5, 0.6) is 0 Å². The lowest BCUT2D eigenvalue weighted by Crippen LogP contribution is -2.22. The molecular formula is C19H15N5O. The molecule has 0 radical (unpaired) electrons. The molecule has 2 aromatic heterocycles. The van der Waals surface area contributed by atoms with Crippen LogP contribution >= 0.6 is 0 Å². The second-order valence-corrected chi connectivity index (χ2v) is 5.49. The minimum absolute atomic E-state index is 0.270. The minimum Gasteiger partial charge on any atom is -0.354 e. The lowest BCUT2D eigenvalue weighted by atomic mass is 9.97. The minimum atomic E-state index is -0.270. The summed E-state index contributed by atoms with van der Waals surface area (Å²) < 4.78 is 1.59. The van der Waals surface area contributed by atoms with Crippen LogP contribution in [0.2, 0.25) is 0 Å². The number of nitrogens with one attached hydrogen (secondary N) is 1. The van der Waals surface area contributed by atoms with Crippen molar-refractivity contribution in [2.75, 3.05) is 7.05 Å². The van der Waals surface area contributed by atoms with Gasteiger partial charge in [-0.15, -0.1) is 5.10 Å². The highest BCUT2D eigenvalue weighted by atomic mass is 16.1. The Hall–Kier alpha value is -3.54. The zero-order chi connectivity index (χ0) is 17.2. The van der Waals surface area contributed by atoms with Crippen LogP contribution in [0.3, 0.4) is 0 Å². The second-order valence-electron chi connectivity index (χ2n) is 5.49. The quantitative estimate of drug-likeness (QED) is 0.627. The first-order valence-corrected chi connectivity index (χ1v) is 7.86. The van der Waals surface area contributed by atoms with E-state index in [0.717, 1.165) is 22.0 Å². The van der Waals surface area contributed by atoms with E-state index in [-0.39, 0.29) is 5.91 Å². The highest BCUT2D eigenvalue weighted by Crippen LogP contribution is 2.35. The van der Waals surface area contributed by atoms with Crippen LogP contribution in [-0.2, 0) is 0 Å². The highest BCUT2D eigenvalue weighted by Gasteiger charge is 2.22. The first-order valence-electron chi connectivity index (χ1n) is 7.86. The Labute approximate surface area is 144 Å². The number of hydrogen-bond acceptors (Lipinski definition) is 4. The Morgan fingerprint density at radius 3 is 2.52 bits per heavy atom. The largest absolute Gasteiger partial charge is 0.354 e. The fraction of sp³-hybridized carbons (Fsp3) is 0.0526. The van der Waals surface area contributed by atoms with Gasteiger partial charge in [-0.05, 0) is 11.6 Å². The topological polar surface area (TPSA) is 72.7 Å². The van der Waals surface area contributed by atoms with Gasteiger partial charge in [-0.3, -0.25) is 4.79 Å². The molecule has 2 heterocycles. The molecule has 0 saturated carbocycles. The number of carbonyl (C=O) groups excluding carboxylic acids is 1. The summed E-state index contributed by atoms with van der Waals surface area (Å²) in [6.45, 7) is 0. The molecular weight excluding hydrogens is 314 g/mol. The van der Waals surface area contributed by atoms with Crippen molar-refractivity contribution in [2.24, 2.45) is 0 Å². The van der Waals surface area contributed by atoms with Crippen LogP contribution in [0.1, 0.15) is 10.5 Å². The van der Waals surface area contributed by atoms with Crippen LogP contribution in [0.25, 0.3) is 27.7 Å². The maximum Gasteiger partial charge on any atom is 0.271 e. The van der Waals surface area contributed by atoms with E-state index in [2.05, 4.69) is 20.6 Å². The SMILES string of the molecule is CNC(=O)c1nc2ccccc2c(-c2ccccc2)c1-n1ccnn1. The Kier molecular flexibility index (Phi) is 3.70. The van der Waals surface area contributed by atoms with E-state index in [4.69, 9.17) is 0 Å². The summed E-state index contributed by atoms with van der Waals surface area (Å²) in [5.41, 5.74) is 3.56. The van der Waals surface area contributed by atoms with Crippen LogP contribution in [0, 0.1) is 0 Å². The summed E-state index contributed by atoms with van der Waals surface area (Å²) in [6.07, 6.45) is 3.29. The molecule has 4 rings (SSSR count). The summed E-state index contributed by atoms with van der Waals surface area (Å²) in [4.78, 5) is 17.1. The van der Waals surface area contributed by atoms with Gasteiger partial charge in [-0.2, -0.15) is 0 Å². The van der Waals surface area contributed by atoms with Crippen molar-refractivity contribution >= 4 is 16.8 Å². The van der Waals surface area contributed by atoms with E-state index in [1.54, 1.807) is 24.1 Å². The van der Waals surface area contributed by atoms with Crippen LogP contribution < -0.4 is 5.32 Å².